The van der Waals surface area contributed by atoms with Crippen LogP contribution in [0.4, 0.5) is 14.7 Å². The third kappa shape index (κ3) is 1.89. The predicted molar refractivity (Wildman–Crippen MR) is 64.5 cm³/mol. The summed E-state index contributed by atoms with van der Waals surface area (Å²) in [6.45, 7) is -1.27. The largest absolute Gasteiger partial charge is 0.390 e. The fourth-order valence-corrected chi connectivity index (χ4v) is 2.21. The Morgan fingerprint density at radius 1 is 1.62 bits per heavy atom. The van der Waals surface area contributed by atoms with Gasteiger partial charge in [-0.15, -0.1) is 0 Å². The number of aromatic amines is 1. The minimum atomic E-state index is -3.05. The number of imidazole rings is 1. The minimum Gasteiger partial charge on any atom is -0.390 e. The molecule has 0 amide bonds. The Kier molecular flexibility index (Phi) is 2.93. The number of anilines is 1. The van der Waals surface area contributed by atoms with Crippen LogP contribution in [0.15, 0.2) is 11.1 Å². The first-order valence-corrected chi connectivity index (χ1v) is 5.89. The maximum absolute atomic E-state index is 13.9. The summed E-state index contributed by atoms with van der Waals surface area (Å²) < 4.78 is 33.4. The number of alkyl halides is 2. The first-order chi connectivity index (χ1) is 9.87. The molecule has 1 saturated heterocycles. The number of ether oxygens (including phenoxy) is 1. The molecule has 0 unspecified atom stereocenters. The summed E-state index contributed by atoms with van der Waals surface area (Å²) in [5.41, 5.74) is 4.52. The maximum atomic E-state index is 13.9. The molecule has 114 valence electrons. The van der Waals surface area contributed by atoms with Gasteiger partial charge >= 0.3 is 0 Å². The Morgan fingerprint density at radius 2 is 2.33 bits per heavy atom. The van der Waals surface area contributed by atoms with Crippen LogP contribution in [0.3, 0.4) is 0 Å². The molecule has 3 heterocycles. The summed E-state index contributed by atoms with van der Waals surface area (Å²) in [6, 6.07) is 0. The van der Waals surface area contributed by atoms with E-state index in [4.69, 9.17) is 15.6 Å². The molecule has 0 aliphatic carbocycles. The van der Waals surface area contributed by atoms with Gasteiger partial charge in [0.15, 0.2) is 23.6 Å². The van der Waals surface area contributed by atoms with E-state index in [0.29, 0.717) is 0 Å². The monoisotopic (exact) mass is 303 g/mol. The molecule has 0 spiro atoms. The van der Waals surface area contributed by atoms with Crippen LogP contribution in [-0.2, 0) is 4.74 Å². The molecule has 21 heavy (non-hydrogen) atoms. The molecule has 1 aliphatic heterocycles. The second-order valence-corrected chi connectivity index (χ2v) is 4.62. The molecular formula is C10H11F2N5O4. The van der Waals surface area contributed by atoms with Crippen LogP contribution >= 0.6 is 0 Å². The van der Waals surface area contributed by atoms with Crippen LogP contribution in [0.5, 0.6) is 0 Å². The highest BCUT2D eigenvalue weighted by molar-refractivity contribution is 5.70. The van der Waals surface area contributed by atoms with Crippen LogP contribution < -0.4 is 11.3 Å². The highest BCUT2D eigenvalue weighted by atomic mass is 19.2. The highest BCUT2D eigenvalue weighted by Gasteiger charge is 2.57. The summed E-state index contributed by atoms with van der Waals surface area (Å²) in [5.74, 6) is -3.28. The van der Waals surface area contributed by atoms with Crippen LogP contribution in [0, 0.1) is 0 Å². The van der Waals surface area contributed by atoms with E-state index < -0.39 is 36.5 Å². The molecule has 0 radical (unpaired) electrons. The number of fused-ring (bicyclic) bond motifs is 1. The first-order valence-electron chi connectivity index (χ1n) is 5.89. The van der Waals surface area contributed by atoms with Crippen molar-refractivity contribution in [2.24, 2.45) is 0 Å². The Labute approximate surface area is 115 Å². The second kappa shape index (κ2) is 4.44. The van der Waals surface area contributed by atoms with Crippen molar-refractivity contribution in [1.82, 2.24) is 19.5 Å². The summed E-state index contributed by atoms with van der Waals surface area (Å²) >= 11 is 0. The van der Waals surface area contributed by atoms with E-state index in [1.165, 1.54) is 0 Å². The summed E-state index contributed by atoms with van der Waals surface area (Å²) in [6.07, 6.45) is -4.89. The van der Waals surface area contributed by atoms with E-state index >= 15 is 0 Å². The first kappa shape index (κ1) is 13.9. The van der Waals surface area contributed by atoms with Crippen molar-refractivity contribution in [2.75, 3.05) is 12.3 Å². The lowest BCUT2D eigenvalue weighted by atomic mass is 10.1. The van der Waals surface area contributed by atoms with E-state index in [0.717, 1.165) is 10.9 Å². The quantitative estimate of drug-likeness (QED) is 0.534. The number of aliphatic hydroxyl groups excluding tert-OH is 2. The molecule has 4 atom stereocenters. The van der Waals surface area contributed by atoms with Crippen molar-refractivity contribution in [3.8, 4) is 0 Å². The number of hydrogen-bond donors (Lipinski definition) is 4. The van der Waals surface area contributed by atoms with Gasteiger partial charge in [-0.2, -0.15) is 4.98 Å². The molecule has 2 aromatic heterocycles. The normalized spacial score (nSPS) is 32.9. The molecule has 0 aromatic carbocycles. The number of aliphatic hydroxyl groups is 2. The number of nitrogens with zero attached hydrogens (tertiary/aromatic N) is 3. The molecule has 9 nitrogen and oxygen atoms in total. The van der Waals surface area contributed by atoms with Gasteiger partial charge < -0.3 is 20.7 Å². The van der Waals surface area contributed by atoms with Gasteiger partial charge in [-0.3, -0.25) is 14.3 Å². The maximum Gasteiger partial charge on any atom is 0.280 e. The van der Waals surface area contributed by atoms with Crippen molar-refractivity contribution >= 4 is 17.1 Å². The van der Waals surface area contributed by atoms with Crippen LogP contribution in [0.1, 0.15) is 6.23 Å². The molecule has 5 N–H and O–H groups in total. The van der Waals surface area contributed by atoms with Gasteiger partial charge in [0.1, 0.15) is 12.7 Å². The number of hydrogen-bond acceptors (Lipinski definition) is 7. The molecule has 0 bridgehead atoms. The second-order valence-electron chi connectivity index (χ2n) is 4.62. The van der Waals surface area contributed by atoms with Gasteiger partial charge in [0.25, 0.3) is 11.4 Å². The Balaban J connectivity index is 2.12. The third-order valence-corrected chi connectivity index (χ3v) is 3.26. The minimum absolute atomic E-state index is 0.102. The van der Waals surface area contributed by atoms with Crippen molar-refractivity contribution in [3.05, 3.63) is 16.7 Å². The number of nitrogen functional groups attached to an aromatic ring is 1. The molecule has 0 saturated carbocycles. The topological polar surface area (TPSA) is 139 Å². The zero-order chi connectivity index (χ0) is 15.4. The number of nitrogens with two attached hydrogens (primary N) is 1. The van der Waals surface area contributed by atoms with Gasteiger partial charge in [0.05, 0.1) is 6.33 Å². The summed E-state index contributed by atoms with van der Waals surface area (Å²) in [7, 11) is 0. The lowest BCUT2D eigenvalue weighted by Crippen LogP contribution is -2.39. The fraction of sp³-hybridized carbons (Fsp3) is 0.500. The average molecular weight is 303 g/mol. The van der Waals surface area contributed by atoms with E-state index in [2.05, 4.69) is 15.0 Å². The molecule has 11 heteroatoms. The fourth-order valence-electron chi connectivity index (χ4n) is 2.21. The van der Waals surface area contributed by atoms with Crippen LogP contribution in [0.25, 0.3) is 11.2 Å². The average Bonchev–Trinajstić information content (AvgIpc) is 2.95. The number of aromatic nitrogens is 4. The molecule has 1 aliphatic rings. The van der Waals surface area contributed by atoms with Gasteiger partial charge in [-0.25, -0.2) is 13.8 Å². The standard InChI is InChI=1S/C10H11F2N5O4/c11-5-4(19)8(21-10(5,12)1-18)17-2-14-3-6(17)15-9(13)16-7(3)20/h2,4-5,8,18-19H,1H2,(H3,13,15,16,20)/t4-,5+,8-,10-/m1/s1. The molecule has 1 fully saturated rings. The third-order valence-electron chi connectivity index (χ3n) is 3.26. The van der Waals surface area contributed by atoms with E-state index in [1.54, 1.807) is 0 Å². The predicted octanol–water partition coefficient (Wildman–Crippen LogP) is -1.41. The van der Waals surface area contributed by atoms with Crippen molar-refractivity contribution in [2.45, 2.75) is 24.4 Å². The zero-order valence-corrected chi connectivity index (χ0v) is 10.4. The van der Waals surface area contributed by atoms with Crippen LogP contribution in [0.2, 0.25) is 0 Å². The van der Waals surface area contributed by atoms with Crippen LogP contribution in [-0.4, -0.2) is 54.5 Å². The molecule has 2 aromatic rings. The SMILES string of the molecule is Nc1nc2c(ncn2[C@@H]2O[C@](F)(CO)[C@@H](F)[C@H]2O)c(=O)[nH]1. The van der Waals surface area contributed by atoms with E-state index in [1.807, 2.05) is 0 Å². The van der Waals surface area contributed by atoms with Gasteiger partial charge in [-0.1, -0.05) is 0 Å². The number of halogens is 2. The lowest BCUT2D eigenvalue weighted by molar-refractivity contribution is -0.195. The van der Waals surface area contributed by atoms with Crippen molar-refractivity contribution in [1.29, 1.82) is 0 Å². The highest BCUT2D eigenvalue weighted by Crippen LogP contribution is 2.40. The number of nitrogens with one attached hydrogen (secondary N) is 1. The number of rotatable bonds is 2. The zero-order valence-electron chi connectivity index (χ0n) is 10.4. The Morgan fingerprint density at radius 3 is 2.95 bits per heavy atom. The van der Waals surface area contributed by atoms with Gasteiger partial charge in [-0.05, 0) is 0 Å². The Hall–Kier alpha value is -2.11. The Bertz CT molecular complexity index is 749. The lowest BCUT2D eigenvalue weighted by Gasteiger charge is -2.18. The van der Waals surface area contributed by atoms with Crippen molar-refractivity contribution in [3.63, 3.8) is 0 Å². The summed E-state index contributed by atoms with van der Waals surface area (Å²) in [5, 5.41) is 18.6. The molecule has 3 rings (SSSR count). The van der Waals surface area contributed by atoms with Gasteiger partial charge in [0.2, 0.25) is 5.95 Å². The summed E-state index contributed by atoms with van der Waals surface area (Å²) in [4.78, 5) is 21.4. The smallest absolute Gasteiger partial charge is 0.280 e. The van der Waals surface area contributed by atoms with Gasteiger partial charge in [0, 0.05) is 0 Å². The number of H-pyrrole nitrogens is 1. The van der Waals surface area contributed by atoms with E-state index in [-0.39, 0.29) is 17.1 Å². The van der Waals surface area contributed by atoms with E-state index in [9.17, 15) is 18.7 Å². The van der Waals surface area contributed by atoms with Crippen molar-refractivity contribution < 1.29 is 23.7 Å². The molecular weight excluding hydrogens is 292 g/mol.